The van der Waals surface area contributed by atoms with E-state index in [0.717, 1.165) is 16.2 Å². The molecule has 19 heavy (non-hydrogen) atoms. The van der Waals surface area contributed by atoms with Crippen molar-refractivity contribution in [3.63, 3.8) is 0 Å². The standard InChI is InChI=1S/C15H15NO2S/c1-11-9-16(15(17)14-7-4-8-19-14)10-12-5-2-3-6-13(12)18-11/h2-8,11H,9-10H2,1H3. The molecule has 4 heteroatoms. The van der Waals surface area contributed by atoms with Crippen LogP contribution < -0.4 is 4.74 Å². The molecule has 3 nitrogen and oxygen atoms in total. The van der Waals surface area contributed by atoms with Gasteiger partial charge in [0.15, 0.2) is 0 Å². The van der Waals surface area contributed by atoms with Crippen molar-refractivity contribution in [3.05, 3.63) is 52.2 Å². The topological polar surface area (TPSA) is 29.5 Å². The molecule has 1 atom stereocenters. The van der Waals surface area contributed by atoms with Gasteiger partial charge in [-0.1, -0.05) is 24.3 Å². The zero-order valence-corrected chi connectivity index (χ0v) is 11.5. The van der Waals surface area contributed by atoms with Crippen molar-refractivity contribution < 1.29 is 9.53 Å². The van der Waals surface area contributed by atoms with Gasteiger partial charge in [0, 0.05) is 12.1 Å². The first kappa shape index (κ1) is 12.2. The Morgan fingerprint density at radius 3 is 2.95 bits per heavy atom. The highest BCUT2D eigenvalue weighted by molar-refractivity contribution is 7.12. The Balaban J connectivity index is 1.89. The van der Waals surface area contributed by atoms with Crippen LogP contribution >= 0.6 is 11.3 Å². The molecule has 0 fully saturated rings. The fraction of sp³-hybridized carbons (Fsp3) is 0.267. The maximum Gasteiger partial charge on any atom is 0.264 e. The first-order valence-electron chi connectivity index (χ1n) is 6.31. The number of benzene rings is 1. The van der Waals surface area contributed by atoms with E-state index in [1.807, 2.05) is 53.6 Å². The molecule has 0 radical (unpaired) electrons. The van der Waals surface area contributed by atoms with Crippen molar-refractivity contribution in [2.75, 3.05) is 6.54 Å². The zero-order chi connectivity index (χ0) is 13.2. The SMILES string of the molecule is CC1CN(C(=O)c2cccs2)Cc2ccccc2O1. The molecule has 0 saturated heterocycles. The first-order chi connectivity index (χ1) is 9.24. The van der Waals surface area contributed by atoms with E-state index in [1.165, 1.54) is 11.3 Å². The van der Waals surface area contributed by atoms with E-state index in [9.17, 15) is 4.79 Å². The quantitative estimate of drug-likeness (QED) is 0.798. The number of hydrogen-bond donors (Lipinski definition) is 0. The number of fused-ring (bicyclic) bond motifs is 1. The molecule has 1 aromatic carbocycles. The average molecular weight is 273 g/mol. The minimum absolute atomic E-state index is 0.00700. The normalized spacial score (nSPS) is 18.4. The molecule has 1 aromatic heterocycles. The Morgan fingerprint density at radius 1 is 1.32 bits per heavy atom. The lowest BCUT2D eigenvalue weighted by molar-refractivity contribution is 0.0695. The van der Waals surface area contributed by atoms with Crippen LogP contribution in [0.1, 0.15) is 22.2 Å². The van der Waals surface area contributed by atoms with Crippen LogP contribution in [0.2, 0.25) is 0 Å². The molecule has 0 N–H and O–H groups in total. The lowest BCUT2D eigenvalue weighted by Crippen LogP contribution is -2.35. The second-order valence-electron chi connectivity index (χ2n) is 4.70. The number of amides is 1. The van der Waals surface area contributed by atoms with Gasteiger partial charge in [0.05, 0.1) is 11.4 Å². The molecule has 98 valence electrons. The molecule has 0 bridgehead atoms. The summed E-state index contributed by atoms with van der Waals surface area (Å²) in [6.45, 7) is 3.22. The lowest BCUT2D eigenvalue weighted by atomic mass is 10.2. The summed E-state index contributed by atoms with van der Waals surface area (Å²) in [6.07, 6.45) is 0.00700. The van der Waals surface area contributed by atoms with Crippen molar-refractivity contribution in [1.29, 1.82) is 0 Å². The maximum absolute atomic E-state index is 12.4. The molecule has 2 aromatic rings. The van der Waals surface area contributed by atoms with Crippen LogP contribution in [0.15, 0.2) is 41.8 Å². The van der Waals surface area contributed by atoms with Crippen molar-refractivity contribution in [2.45, 2.75) is 19.6 Å². The number of rotatable bonds is 1. The van der Waals surface area contributed by atoms with Gasteiger partial charge in [0.1, 0.15) is 11.9 Å². The van der Waals surface area contributed by atoms with E-state index in [-0.39, 0.29) is 12.0 Å². The fourth-order valence-corrected chi connectivity index (χ4v) is 2.99. The lowest BCUT2D eigenvalue weighted by Gasteiger charge is -2.21. The van der Waals surface area contributed by atoms with Gasteiger partial charge in [-0.2, -0.15) is 0 Å². The summed E-state index contributed by atoms with van der Waals surface area (Å²) in [6, 6.07) is 11.7. The van der Waals surface area contributed by atoms with Gasteiger partial charge in [-0.3, -0.25) is 4.79 Å². The van der Waals surface area contributed by atoms with Crippen molar-refractivity contribution in [2.24, 2.45) is 0 Å². The highest BCUT2D eigenvalue weighted by Crippen LogP contribution is 2.26. The molecule has 1 amide bonds. The van der Waals surface area contributed by atoms with Gasteiger partial charge < -0.3 is 9.64 Å². The average Bonchev–Trinajstić information content (AvgIpc) is 2.87. The van der Waals surface area contributed by atoms with Crippen LogP contribution in [-0.2, 0) is 6.54 Å². The van der Waals surface area contributed by atoms with Crippen molar-refractivity contribution in [1.82, 2.24) is 4.90 Å². The second-order valence-corrected chi connectivity index (χ2v) is 5.65. The summed E-state index contributed by atoms with van der Waals surface area (Å²) in [5.41, 5.74) is 1.07. The van der Waals surface area contributed by atoms with E-state index in [2.05, 4.69) is 0 Å². The molecule has 1 aliphatic rings. The van der Waals surface area contributed by atoms with Crippen LogP contribution in [0.4, 0.5) is 0 Å². The third kappa shape index (κ3) is 2.49. The first-order valence-corrected chi connectivity index (χ1v) is 7.19. The molecular weight excluding hydrogens is 258 g/mol. The van der Waals surface area contributed by atoms with Crippen molar-refractivity contribution in [3.8, 4) is 5.75 Å². The van der Waals surface area contributed by atoms with Gasteiger partial charge >= 0.3 is 0 Å². The summed E-state index contributed by atoms with van der Waals surface area (Å²) in [5, 5.41) is 1.93. The number of nitrogens with zero attached hydrogens (tertiary/aromatic N) is 1. The predicted octanol–water partition coefficient (Wildman–Crippen LogP) is 3.17. The zero-order valence-electron chi connectivity index (χ0n) is 10.7. The van der Waals surface area contributed by atoms with Gasteiger partial charge in [0.25, 0.3) is 5.91 Å². The Labute approximate surface area is 116 Å². The van der Waals surface area contributed by atoms with Crippen LogP contribution in [0, 0.1) is 0 Å². The Bertz CT molecular complexity index is 580. The number of thiophene rings is 1. The van der Waals surface area contributed by atoms with Gasteiger partial charge in [-0.25, -0.2) is 0 Å². The molecule has 3 rings (SSSR count). The summed E-state index contributed by atoms with van der Waals surface area (Å²) < 4.78 is 5.86. The van der Waals surface area contributed by atoms with Crippen LogP contribution in [0.25, 0.3) is 0 Å². The summed E-state index contributed by atoms with van der Waals surface area (Å²) in [5.74, 6) is 0.971. The Morgan fingerprint density at radius 2 is 2.16 bits per heavy atom. The molecule has 1 unspecified atom stereocenters. The third-order valence-electron chi connectivity index (χ3n) is 3.16. The van der Waals surface area contributed by atoms with Gasteiger partial charge in [-0.05, 0) is 24.4 Å². The summed E-state index contributed by atoms with van der Waals surface area (Å²) in [4.78, 5) is 15.1. The molecule has 2 heterocycles. The van der Waals surface area contributed by atoms with E-state index < -0.39 is 0 Å². The van der Waals surface area contributed by atoms with E-state index in [0.29, 0.717) is 13.1 Å². The Kier molecular flexibility index (Phi) is 3.25. The maximum atomic E-state index is 12.4. The van der Waals surface area contributed by atoms with Gasteiger partial charge in [-0.15, -0.1) is 11.3 Å². The molecule has 0 saturated carbocycles. The third-order valence-corrected chi connectivity index (χ3v) is 4.02. The van der Waals surface area contributed by atoms with Crippen LogP contribution in [0.5, 0.6) is 5.75 Å². The smallest absolute Gasteiger partial charge is 0.264 e. The monoisotopic (exact) mass is 273 g/mol. The van der Waals surface area contributed by atoms with Crippen LogP contribution in [-0.4, -0.2) is 23.5 Å². The summed E-state index contributed by atoms with van der Waals surface area (Å²) >= 11 is 1.48. The van der Waals surface area contributed by atoms with E-state index in [1.54, 1.807) is 0 Å². The highest BCUT2D eigenvalue weighted by Gasteiger charge is 2.24. The van der Waals surface area contributed by atoms with Crippen molar-refractivity contribution >= 4 is 17.2 Å². The number of carbonyl (C=O) groups is 1. The predicted molar refractivity (Wildman–Crippen MR) is 75.6 cm³/mol. The highest BCUT2D eigenvalue weighted by atomic mass is 32.1. The Hall–Kier alpha value is -1.81. The molecule has 1 aliphatic heterocycles. The van der Waals surface area contributed by atoms with Crippen LogP contribution in [0.3, 0.4) is 0 Å². The summed E-state index contributed by atoms with van der Waals surface area (Å²) in [7, 11) is 0. The number of ether oxygens (including phenoxy) is 1. The second kappa shape index (κ2) is 5.05. The number of carbonyl (C=O) groups excluding carboxylic acids is 1. The van der Waals surface area contributed by atoms with Gasteiger partial charge in [0.2, 0.25) is 0 Å². The largest absolute Gasteiger partial charge is 0.489 e. The minimum Gasteiger partial charge on any atom is -0.489 e. The van der Waals surface area contributed by atoms with E-state index >= 15 is 0 Å². The van der Waals surface area contributed by atoms with E-state index in [4.69, 9.17) is 4.74 Å². The minimum atomic E-state index is 0.00700. The number of para-hydroxylation sites is 1. The molecular formula is C15H15NO2S. The fourth-order valence-electron chi connectivity index (χ4n) is 2.29. The molecule has 0 aliphatic carbocycles. The molecule has 0 spiro atoms. The number of hydrogen-bond acceptors (Lipinski definition) is 3.